The van der Waals surface area contributed by atoms with Gasteiger partial charge < -0.3 is 5.32 Å². The van der Waals surface area contributed by atoms with Crippen LogP contribution < -0.4 is 5.32 Å². The third kappa shape index (κ3) is 2.28. The molecule has 2 aromatic heterocycles. The van der Waals surface area contributed by atoms with Crippen molar-refractivity contribution in [2.24, 2.45) is 0 Å². The maximum atomic E-state index is 4.54. The minimum Gasteiger partial charge on any atom is -0.378 e. The normalized spacial score (nSPS) is 11.0. The number of nitrogens with one attached hydrogen (secondary N) is 1. The maximum Gasteiger partial charge on any atom is 0.193 e. The van der Waals surface area contributed by atoms with Crippen LogP contribution in [0.2, 0.25) is 0 Å². The van der Waals surface area contributed by atoms with E-state index in [1.165, 1.54) is 5.56 Å². The van der Waals surface area contributed by atoms with Crippen molar-refractivity contribution in [2.45, 2.75) is 13.5 Å². The van der Waals surface area contributed by atoms with Gasteiger partial charge >= 0.3 is 0 Å². The Bertz CT molecular complexity index is 658. The van der Waals surface area contributed by atoms with Crippen molar-refractivity contribution in [1.29, 1.82) is 0 Å². The number of aryl methyl sites for hydroxylation is 1. The van der Waals surface area contributed by atoms with Crippen molar-refractivity contribution in [3.8, 4) is 0 Å². The van der Waals surface area contributed by atoms with Gasteiger partial charge in [0.1, 0.15) is 0 Å². The number of hydrogen-bond acceptors (Lipinski definition) is 3. The Morgan fingerprint density at radius 3 is 3.17 bits per heavy atom. The molecule has 0 fully saturated rings. The molecule has 0 amide bonds. The van der Waals surface area contributed by atoms with Gasteiger partial charge in [-0.2, -0.15) is 0 Å². The number of nitrogens with zero attached hydrogens (tertiary/aromatic N) is 2. The molecule has 2 heterocycles. The zero-order valence-corrected chi connectivity index (χ0v) is 12.3. The average molecular weight is 322 g/mol. The summed E-state index contributed by atoms with van der Waals surface area (Å²) in [5, 5.41) is 5.44. The van der Waals surface area contributed by atoms with E-state index < -0.39 is 0 Å². The van der Waals surface area contributed by atoms with Crippen LogP contribution in [0, 0.1) is 6.92 Å². The van der Waals surface area contributed by atoms with Gasteiger partial charge in [0, 0.05) is 27.9 Å². The van der Waals surface area contributed by atoms with Crippen molar-refractivity contribution >= 4 is 37.9 Å². The summed E-state index contributed by atoms with van der Waals surface area (Å²) >= 11 is 5.20. The molecule has 1 N–H and O–H groups in total. The van der Waals surface area contributed by atoms with E-state index in [1.54, 1.807) is 11.3 Å². The molecule has 0 spiro atoms. The Hall–Kier alpha value is -1.33. The Morgan fingerprint density at radius 1 is 1.44 bits per heavy atom. The van der Waals surface area contributed by atoms with Crippen LogP contribution in [-0.2, 0) is 6.54 Å². The number of anilines is 1. The zero-order valence-electron chi connectivity index (χ0n) is 9.85. The molecule has 0 radical (unpaired) electrons. The van der Waals surface area contributed by atoms with E-state index in [9.17, 15) is 0 Å². The highest BCUT2D eigenvalue weighted by molar-refractivity contribution is 9.10. The van der Waals surface area contributed by atoms with Crippen LogP contribution in [0.1, 0.15) is 11.3 Å². The first-order valence-corrected chi connectivity index (χ1v) is 7.31. The Labute approximate surface area is 118 Å². The number of thiazole rings is 1. The molecule has 0 unspecified atom stereocenters. The topological polar surface area (TPSA) is 29.3 Å². The minimum atomic E-state index is 0.733. The van der Waals surface area contributed by atoms with Crippen molar-refractivity contribution in [1.82, 2.24) is 9.38 Å². The molecular weight excluding hydrogens is 310 g/mol. The van der Waals surface area contributed by atoms with Crippen molar-refractivity contribution in [2.75, 3.05) is 5.32 Å². The monoisotopic (exact) mass is 321 g/mol. The second kappa shape index (κ2) is 4.74. The summed E-state index contributed by atoms with van der Waals surface area (Å²) in [5.74, 6) is 0. The highest BCUT2D eigenvalue weighted by atomic mass is 79.9. The SMILES string of the molecule is Cc1ccc(Br)c(NCc2cn3ccsc3n2)c1. The summed E-state index contributed by atoms with van der Waals surface area (Å²) in [7, 11) is 0. The molecule has 92 valence electrons. The van der Waals surface area contributed by atoms with E-state index in [0.717, 1.165) is 27.4 Å². The molecular formula is C13H12BrN3S. The van der Waals surface area contributed by atoms with Crippen LogP contribution in [0.4, 0.5) is 5.69 Å². The first kappa shape index (κ1) is 11.7. The largest absolute Gasteiger partial charge is 0.378 e. The van der Waals surface area contributed by atoms with Gasteiger partial charge in [-0.1, -0.05) is 6.07 Å². The molecule has 0 atom stereocenters. The number of benzene rings is 1. The van der Waals surface area contributed by atoms with Crippen LogP contribution in [0.5, 0.6) is 0 Å². The van der Waals surface area contributed by atoms with E-state index in [-0.39, 0.29) is 0 Å². The molecule has 18 heavy (non-hydrogen) atoms. The van der Waals surface area contributed by atoms with Gasteiger partial charge in [-0.3, -0.25) is 4.40 Å². The summed E-state index contributed by atoms with van der Waals surface area (Å²) < 4.78 is 3.13. The lowest BCUT2D eigenvalue weighted by atomic mass is 10.2. The molecule has 0 bridgehead atoms. The molecule has 0 aliphatic heterocycles. The van der Waals surface area contributed by atoms with Gasteiger partial charge in [-0.25, -0.2) is 4.98 Å². The molecule has 3 rings (SSSR count). The van der Waals surface area contributed by atoms with E-state index >= 15 is 0 Å². The van der Waals surface area contributed by atoms with Crippen LogP contribution in [0.3, 0.4) is 0 Å². The molecule has 1 aromatic carbocycles. The third-order valence-electron chi connectivity index (χ3n) is 2.72. The van der Waals surface area contributed by atoms with Gasteiger partial charge in [0.25, 0.3) is 0 Å². The smallest absolute Gasteiger partial charge is 0.193 e. The van der Waals surface area contributed by atoms with Crippen molar-refractivity contribution < 1.29 is 0 Å². The van der Waals surface area contributed by atoms with E-state index in [0.29, 0.717) is 0 Å². The minimum absolute atomic E-state index is 0.733. The summed E-state index contributed by atoms with van der Waals surface area (Å²) in [6.07, 6.45) is 4.08. The van der Waals surface area contributed by atoms with Gasteiger partial charge in [0.2, 0.25) is 0 Å². The van der Waals surface area contributed by atoms with Gasteiger partial charge in [0.15, 0.2) is 4.96 Å². The maximum absolute atomic E-state index is 4.54. The fraction of sp³-hybridized carbons (Fsp3) is 0.154. The lowest BCUT2D eigenvalue weighted by Gasteiger charge is -2.07. The Morgan fingerprint density at radius 2 is 2.33 bits per heavy atom. The summed E-state index contributed by atoms with van der Waals surface area (Å²) in [6.45, 7) is 2.82. The lowest BCUT2D eigenvalue weighted by Crippen LogP contribution is -2.00. The number of aromatic nitrogens is 2. The molecule has 0 saturated carbocycles. The Balaban J connectivity index is 1.77. The average Bonchev–Trinajstić information content (AvgIpc) is 2.90. The number of fused-ring (bicyclic) bond motifs is 1. The van der Waals surface area contributed by atoms with Crippen molar-refractivity contribution in [3.63, 3.8) is 0 Å². The zero-order chi connectivity index (χ0) is 12.5. The summed E-state index contributed by atoms with van der Waals surface area (Å²) in [5.41, 5.74) is 3.40. The molecule has 3 nitrogen and oxygen atoms in total. The number of rotatable bonds is 3. The fourth-order valence-electron chi connectivity index (χ4n) is 1.82. The Kier molecular flexibility index (Phi) is 3.09. The molecule has 0 aliphatic carbocycles. The molecule has 0 saturated heterocycles. The molecule has 0 aliphatic rings. The van der Waals surface area contributed by atoms with E-state index in [2.05, 4.69) is 57.6 Å². The fourth-order valence-corrected chi connectivity index (χ4v) is 2.93. The van der Waals surface area contributed by atoms with Gasteiger partial charge in [-0.05, 0) is 40.5 Å². The second-order valence-corrected chi connectivity index (χ2v) is 5.89. The van der Waals surface area contributed by atoms with E-state index in [4.69, 9.17) is 0 Å². The van der Waals surface area contributed by atoms with Gasteiger partial charge in [0.05, 0.1) is 12.2 Å². The van der Waals surface area contributed by atoms with Crippen LogP contribution >= 0.6 is 27.3 Å². The van der Waals surface area contributed by atoms with Crippen molar-refractivity contribution in [3.05, 3.63) is 51.7 Å². The van der Waals surface area contributed by atoms with Crippen LogP contribution in [0.15, 0.2) is 40.4 Å². The second-order valence-electron chi connectivity index (χ2n) is 4.16. The predicted molar refractivity (Wildman–Crippen MR) is 79.3 cm³/mol. The highest BCUT2D eigenvalue weighted by Gasteiger charge is 2.04. The number of imidazole rings is 1. The molecule has 5 heteroatoms. The van der Waals surface area contributed by atoms with Crippen LogP contribution in [-0.4, -0.2) is 9.38 Å². The van der Waals surface area contributed by atoms with E-state index in [1.807, 2.05) is 16.0 Å². The first-order chi connectivity index (χ1) is 8.72. The standard InChI is InChI=1S/C13H12BrN3S/c1-9-2-3-11(14)12(6-9)15-7-10-8-17-4-5-18-13(17)16-10/h2-6,8,15H,7H2,1H3. The first-order valence-electron chi connectivity index (χ1n) is 5.63. The summed E-state index contributed by atoms with van der Waals surface area (Å²) in [4.78, 5) is 5.58. The number of halogens is 1. The van der Waals surface area contributed by atoms with Gasteiger partial charge in [-0.15, -0.1) is 11.3 Å². The highest BCUT2D eigenvalue weighted by Crippen LogP contribution is 2.24. The summed E-state index contributed by atoms with van der Waals surface area (Å²) in [6, 6.07) is 6.27. The third-order valence-corrected chi connectivity index (χ3v) is 4.19. The molecule has 3 aromatic rings. The van der Waals surface area contributed by atoms with Crippen LogP contribution in [0.25, 0.3) is 4.96 Å². The number of hydrogen-bond donors (Lipinski definition) is 1. The predicted octanol–water partition coefficient (Wildman–Crippen LogP) is 4.08. The lowest BCUT2D eigenvalue weighted by molar-refractivity contribution is 1.08. The quantitative estimate of drug-likeness (QED) is 0.787.